The molecule has 1 aromatic carbocycles. The fraction of sp³-hybridized carbons (Fsp3) is 0.417. The van der Waals surface area contributed by atoms with Crippen molar-refractivity contribution < 1.29 is 4.79 Å². The number of benzene rings is 1. The van der Waals surface area contributed by atoms with E-state index in [0.29, 0.717) is 17.3 Å². The van der Waals surface area contributed by atoms with Crippen LogP contribution in [-0.2, 0) is 0 Å². The Kier molecular flexibility index (Phi) is 5.12. The number of nitrogens with one attached hydrogen (secondary N) is 2. The number of hydrogen-bond acceptors (Lipinski definition) is 1. The van der Waals surface area contributed by atoms with Crippen molar-refractivity contribution in [3.63, 3.8) is 0 Å². The van der Waals surface area contributed by atoms with E-state index in [9.17, 15) is 4.79 Å². The lowest BCUT2D eigenvalue weighted by molar-refractivity contribution is 0.252. The molecule has 88 valence electrons. The summed E-state index contributed by atoms with van der Waals surface area (Å²) in [4.78, 5) is 11.5. The summed E-state index contributed by atoms with van der Waals surface area (Å²) in [6, 6.07) is 5.32. The molecule has 0 saturated heterocycles. The van der Waals surface area contributed by atoms with Crippen molar-refractivity contribution in [2.24, 2.45) is 0 Å². The highest BCUT2D eigenvalue weighted by Crippen LogP contribution is 2.22. The van der Waals surface area contributed by atoms with Crippen LogP contribution in [0.25, 0.3) is 0 Å². The Hall–Kier alpha value is -1.22. The SMILES string of the molecule is CCCCNC(=O)Nc1cc(C)ccc1Cl. The second-order valence-electron chi connectivity index (χ2n) is 3.72. The van der Waals surface area contributed by atoms with E-state index in [1.807, 2.05) is 19.1 Å². The highest BCUT2D eigenvalue weighted by atomic mass is 35.5. The van der Waals surface area contributed by atoms with Gasteiger partial charge in [0.1, 0.15) is 0 Å². The molecule has 3 nitrogen and oxygen atoms in total. The van der Waals surface area contributed by atoms with E-state index >= 15 is 0 Å². The number of carbonyl (C=O) groups is 1. The number of carbonyl (C=O) groups excluding carboxylic acids is 1. The second-order valence-corrected chi connectivity index (χ2v) is 4.12. The minimum absolute atomic E-state index is 0.207. The fourth-order valence-corrected chi connectivity index (χ4v) is 1.44. The number of hydrogen-bond donors (Lipinski definition) is 2. The van der Waals surface area contributed by atoms with Crippen molar-refractivity contribution in [3.8, 4) is 0 Å². The predicted octanol–water partition coefficient (Wildman–Crippen LogP) is 3.57. The summed E-state index contributed by atoms with van der Waals surface area (Å²) in [5, 5.41) is 6.05. The number of urea groups is 1. The average Bonchev–Trinajstić information content (AvgIpc) is 2.24. The maximum Gasteiger partial charge on any atom is 0.319 e. The van der Waals surface area contributed by atoms with Crippen LogP contribution >= 0.6 is 11.6 Å². The van der Waals surface area contributed by atoms with Gasteiger partial charge in [0.05, 0.1) is 10.7 Å². The van der Waals surface area contributed by atoms with Crippen LogP contribution in [0.1, 0.15) is 25.3 Å². The first-order valence-electron chi connectivity index (χ1n) is 5.44. The molecule has 0 aliphatic rings. The molecule has 0 bridgehead atoms. The van der Waals surface area contributed by atoms with Crippen molar-refractivity contribution in [3.05, 3.63) is 28.8 Å². The molecule has 0 heterocycles. The molecule has 0 radical (unpaired) electrons. The number of rotatable bonds is 4. The van der Waals surface area contributed by atoms with E-state index < -0.39 is 0 Å². The zero-order chi connectivity index (χ0) is 12.0. The van der Waals surface area contributed by atoms with Gasteiger partial charge < -0.3 is 10.6 Å². The van der Waals surface area contributed by atoms with Crippen LogP contribution < -0.4 is 10.6 Å². The van der Waals surface area contributed by atoms with E-state index in [0.717, 1.165) is 18.4 Å². The molecule has 0 saturated carbocycles. The largest absolute Gasteiger partial charge is 0.338 e. The number of aryl methyl sites for hydroxylation is 1. The van der Waals surface area contributed by atoms with Gasteiger partial charge in [-0.3, -0.25) is 0 Å². The van der Waals surface area contributed by atoms with Gasteiger partial charge in [0, 0.05) is 6.54 Å². The molecule has 4 heteroatoms. The van der Waals surface area contributed by atoms with Gasteiger partial charge in [-0.2, -0.15) is 0 Å². The molecule has 0 unspecified atom stereocenters. The van der Waals surface area contributed by atoms with E-state index in [2.05, 4.69) is 17.6 Å². The van der Waals surface area contributed by atoms with Gasteiger partial charge in [-0.05, 0) is 31.0 Å². The van der Waals surface area contributed by atoms with E-state index in [1.54, 1.807) is 6.07 Å². The molecule has 0 atom stereocenters. The van der Waals surface area contributed by atoms with E-state index in [4.69, 9.17) is 11.6 Å². The molecule has 0 aliphatic carbocycles. The number of anilines is 1. The molecule has 0 aromatic heterocycles. The van der Waals surface area contributed by atoms with Gasteiger partial charge in [0.2, 0.25) is 0 Å². The molecular formula is C12H17ClN2O. The van der Waals surface area contributed by atoms with Crippen LogP contribution in [-0.4, -0.2) is 12.6 Å². The summed E-state index contributed by atoms with van der Waals surface area (Å²) in [6.45, 7) is 4.72. The van der Waals surface area contributed by atoms with E-state index in [1.165, 1.54) is 0 Å². The van der Waals surface area contributed by atoms with Gasteiger partial charge in [0.15, 0.2) is 0 Å². The first-order valence-corrected chi connectivity index (χ1v) is 5.82. The van der Waals surface area contributed by atoms with Crippen LogP contribution in [0.4, 0.5) is 10.5 Å². The standard InChI is InChI=1S/C12H17ClN2O/c1-3-4-7-14-12(16)15-11-8-9(2)5-6-10(11)13/h5-6,8H,3-4,7H2,1-2H3,(H2,14,15,16). The normalized spacial score (nSPS) is 9.94. The van der Waals surface area contributed by atoms with Gasteiger partial charge >= 0.3 is 6.03 Å². The molecule has 1 rings (SSSR count). The first-order chi connectivity index (χ1) is 7.63. The third-order valence-electron chi connectivity index (χ3n) is 2.19. The van der Waals surface area contributed by atoms with Crippen LogP contribution in [0, 0.1) is 6.92 Å². The summed E-state index contributed by atoms with van der Waals surface area (Å²) in [6.07, 6.45) is 2.04. The summed E-state index contributed by atoms with van der Waals surface area (Å²) in [5.74, 6) is 0. The minimum atomic E-state index is -0.207. The molecule has 1 aromatic rings. The Morgan fingerprint density at radius 3 is 2.88 bits per heavy atom. The molecule has 2 N–H and O–H groups in total. The molecule has 0 spiro atoms. The molecular weight excluding hydrogens is 224 g/mol. The number of unbranched alkanes of at least 4 members (excludes halogenated alkanes) is 1. The highest BCUT2D eigenvalue weighted by molar-refractivity contribution is 6.33. The predicted molar refractivity (Wildman–Crippen MR) is 68.1 cm³/mol. The Bertz CT molecular complexity index is 366. The van der Waals surface area contributed by atoms with Crippen molar-refractivity contribution in [2.75, 3.05) is 11.9 Å². The average molecular weight is 241 g/mol. The minimum Gasteiger partial charge on any atom is -0.338 e. The number of amides is 2. The van der Waals surface area contributed by atoms with Crippen molar-refractivity contribution in [2.45, 2.75) is 26.7 Å². The zero-order valence-electron chi connectivity index (χ0n) is 9.64. The van der Waals surface area contributed by atoms with Crippen LogP contribution in [0.15, 0.2) is 18.2 Å². The summed E-state index contributed by atoms with van der Waals surface area (Å²) in [5.41, 5.74) is 1.71. The molecule has 2 amide bonds. The maximum atomic E-state index is 11.5. The third kappa shape index (κ3) is 4.11. The number of halogens is 1. The van der Waals surface area contributed by atoms with Crippen LogP contribution in [0.2, 0.25) is 5.02 Å². The summed E-state index contributed by atoms with van der Waals surface area (Å²) >= 11 is 5.96. The maximum absolute atomic E-state index is 11.5. The van der Waals surface area contributed by atoms with Gasteiger partial charge in [-0.1, -0.05) is 31.0 Å². The Balaban J connectivity index is 2.52. The zero-order valence-corrected chi connectivity index (χ0v) is 10.4. The van der Waals surface area contributed by atoms with Gasteiger partial charge in [-0.25, -0.2) is 4.79 Å². The lowest BCUT2D eigenvalue weighted by atomic mass is 10.2. The Morgan fingerprint density at radius 1 is 1.44 bits per heavy atom. The van der Waals surface area contributed by atoms with Gasteiger partial charge in [0.25, 0.3) is 0 Å². The summed E-state index contributed by atoms with van der Waals surface area (Å²) in [7, 11) is 0. The van der Waals surface area contributed by atoms with E-state index in [-0.39, 0.29) is 6.03 Å². The monoisotopic (exact) mass is 240 g/mol. The van der Waals surface area contributed by atoms with Crippen LogP contribution in [0.3, 0.4) is 0 Å². The van der Waals surface area contributed by atoms with Crippen molar-refractivity contribution in [1.82, 2.24) is 5.32 Å². The smallest absolute Gasteiger partial charge is 0.319 e. The summed E-state index contributed by atoms with van der Waals surface area (Å²) < 4.78 is 0. The van der Waals surface area contributed by atoms with Gasteiger partial charge in [-0.15, -0.1) is 0 Å². The Labute approximate surface area is 101 Å². The lowest BCUT2D eigenvalue weighted by Gasteiger charge is -2.09. The second kappa shape index (κ2) is 6.38. The quantitative estimate of drug-likeness (QED) is 0.777. The van der Waals surface area contributed by atoms with Crippen molar-refractivity contribution in [1.29, 1.82) is 0 Å². The first kappa shape index (κ1) is 12.8. The highest BCUT2D eigenvalue weighted by Gasteiger charge is 2.04. The lowest BCUT2D eigenvalue weighted by Crippen LogP contribution is -2.29. The molecule has 0 aliphatic heterocycles. The Morgan fingerprint density at radius 2 is 2.19 bits per heavy atom. The molecule has 16 heavy (non-hydrogen) atoms. The molecule has 0 fully saturated rings. The fourth-order valence-electron chi connectivity index (χ4n) is 1.28. The van der Waals surface area contributed by atoms with Crippen molar-refractivity contribution >= 4 is 23.3 Å². The third-order valence-corrected chi connectivity index (χ3v) is 2.52. The topological polar surface area (TPSA) is 41.1 Å². The van der Waals surface area contributed by atoms with Crippen LogP contribution in [0.5, 0.6) is 0 Å².